The first-order valence-electron chi connectivity index (χ1n) is 8.72. The van der Waals surface area contributed by atoms with E-state index in [0.29, 0.717) is 18.5 Å². The van der Waals surface area contributed by atoms with Crippen LogP contribution >= 0.6 is 0 Å². The Balaban J connectivity index is 1.45. The van der Waals surface area contributed by atoms with Crippen molar-refractivity contribution in [2.24, 2.45) is 0 Å². The van der Waals surface area contributed by atoms with Gasteiger partial charge in [-0.1, -0.05) is 48.5 Å². The number of pyridine rings is 1. The van der Waals surface area contributed by atoms with E-state index < -0.39 is 0 Å². The number of hydrogen-bond acceptors (Lipinski definition) is 2. The Morgan fingerprint density at radius 2 is 1.77 bits per heavy atom. The van der Waals surface area contributed by atoms with Crippen LogP contribution in [0.4, 0.5) is 4.39 Å². The highest BCUT2D eigenvalue weighted by Crippen LogP contribution is 2.23. The zero-order chi connectivity index (χ0) is 18.2. The molecule has 0 unspecified atom stereocenters. The number of aromatic nitrogens is 1. The summed E-state index contributed by atoms with van der Waals surface area (Å²) in [5.41, 5.74) is 3.60. The Bertz CT molecular complexity index is 848. The van der Waals surface area contributed by atoms with Gasteiger partial charge in [-0.2, -0.15) is 0 Å². The molecule has 3 aromatic rings. The van der Waals surface area contributed by atoms with Gasteiger partial charge in [-0.3, -0.25) is 9.78 Å². The van der Waals surface area contributed by atoms with E-state index in [0.717, 1.165) is 29.5 Å². The molecule has 0 aliphatic carbocycles. The van der Waals surface area contributed by atoms with Crippen LogP contribution in [-0.4, -0.2) is 10.9 Å². The summed E-state index contributed by atoms with van der Waals surface area (Å²) in [5.74, 6) is -0.178. The maximum atomic E-state index is 13.8. The molecule has 0 atom stereocenters. The lowest BCUT2D eigenvalue weighted by Gasteiger charge is -2.07. The lowest BCUT2D eigenvalue weighted by Crippen LogP contribution is -2.22. The third-order valence-corrected chi connectivity index (χ3v) is 4.22. The lowest BCUT2D eigenvalue weighted by molar-refractivity contribution is -0.121. The first-order chi connectivity index (χ1) is 12.7. The van der Waals surface area contributed by atoms with Crippen molar-refractivity contribution in [1.29, 1.82) is 0 Å². The Kier molecular flexibility index (Phi) is 6.09. The quantitative estimate of drug-likeness (QED) is 0.682. The van der Waals surface area contributed by atoms with Crippen LogP contribution < -0.4 is 5.32 Å². The fraction of sp³-hybridized carbons (Fsp3) is 0.182. The molecule has 1 heterocycles. The van der Waals surface area contributed by atoms with Crippen molar-refractivity contribution in [1.82, 2.24) is 10.3 Å². The standard InChI is InChI=1S/C22H21FN2O/c23-21-8-2-1-7-20(21)19-12-10-17(11-13-19)5-3-9-22(26)25-16-18-6-4-14-24-15-18/h1-2,4,6-8,10-15H,3,5,9,16H2,(H,25,26). The van der Waals surface area contributed by atoms with Crippen LogP contribution in [-0.2, 0) is 17.8 Å². The van der Waals surface area contributed by atoms with E-state index in [-0.39, 0.29) is 11.7 Å². The van der Waals surface area contributed by atoms with Gasteiger partial charge in [0.05, 0.1) is 0 Å². The van der Waals surface area contributed by atoms with Crippen molar-refractivity contribution in [2.75, 3.05) is 0 Å². The van der Waals surface area contributed by atoms with Gasteiger partial charge < -0.3 is 5.32 Å². The second-order valence-corrected chi connectivity index (χ2v) is 6.17. The zero-order valence-electron chi connectivity index (χ0n) is 14.5. The number of carbonyl (C=O) groups excluding carboxylic acids is 1. The number of nitrogens with one attached hydrogen (secondary N) is 1. The van der Waals surface area contributed by atoms with Gasteiger partial charge in [0.25, 0.3) is 0 Å². The van der Waals surface area contributed by atoms with Crippen LogP contribution in [0, 0.1) is 5.82 Å². The molecule has 0 saturated carbocycles. The zero-order valence-corrected chi connectivity index (χ0v) is 14.5. The van der Waals surface area contributed by atoms with Gasteiger partial charge in [0, 0.05) is 30.9 Å². The molecule has 3 rings (SSSR count). The van der Waals surface area contributed by atoms with Gasteiger partial charge in [-0.25, -0.2) is 4.39 Å². The van der Waals surface area contributed by atoms with Gasteiger partial charge in [-0.15, -0.1) is 0 Å². The first kappa shape index (κ1) is 17.8. The Morgan fingerprint density at radius 1 is 0.962 bits per heavy atom. The van der Waals surface area contributed by atoms with Crippen molar-refractivity contribution in [3.05, 3.63) is 90.0 Å². The topological polar surface area (TPSA) is 42.0 Å². The third kappa shape index (κ3) is 4.99. The summed E-state index contributed by atoms with van der Waals surface area (Å²) in [6, 6.07) is 18.4. The molecular weight excluding hydrogens is 327 g/mol. The molecule has 0 saturated heterocycles. The maximum absolute atomic E-state index is 13.8. The van der Waals surface area contributed by atoms with Crippen molar-refractivity contribution < 1.29 is 9.18 Å². The molecule has 0 fully saturated rings. The Hall–Kier alpha value is -3.01. The summed E-state index contributed by atoms with van der Waals surface area (Å²) in [5, 5.41) is 2.90. The number of halogens is 1. The predicted molar refractivity (Wildman–Crippen MR) is 101 cm³/mol. The molecule has 0 aliphatic rings. The van der Waals surface area contributed by atoms with Crippen LogP contribution in [0.5, 0.6) is 0 Å². The van der Waals surface area contributed by atoms with E-state index in [1.165, 1.54) is 6.07 Å². The van der Waals surface area contributed by atoms with Crippen molar-refractivity contribution in [3.63, 3.8) is 0 Å². The van der Waals surface area contributed by atoms with Gasteiger partial charge in [0.1, 0.15) is 5.82 Å². The van der Waals surface area contributed by atoms with E-state index in [9.17, 15) is 9.18 Å². The van der Waals surface area contributed by atoms with Gasteiger partial charge in [-0.05, 0) is 41.7 Å². The Morgan fingerprint density at radius 3 is 2.50 bits per heavy atom. The maximum Gasteiger partial charge on any atom is 0.220 e. The molecule has 26 heavy (non-hydrogen) atoms. The van der Waals surface area contributed by atoms with Crippen LogP contribution in [0.1, 0.15) is 24.0 Å². The van der Waals surface area contributed by atoms with Gasteiger partial charge in [0.2, 0.25) is 5.91 Å². The van der Waals surface area contributed by atoms with E-state index in [1.54, 1.807) is 24.5 Å². The van der Waals surface area contributed by atoms with Crippen LogP contribution in [0.3, 0.4) is 0 Å². The molecule has 132 valence electrons. The highest BCUT2D eigenvalue weighted by molar-refractivity contribution is 5.75. The first-order valence-corrected chi connectivity index (χ1v) is 8.72. The van der Waals surface area contributed by atoms with E-state index >= 15 is 0 Å². The molecule has 1 amide bonds. The highest BCUT2D eigenvalue weighted by Gasteiger charge is 2.05. The second kappa shape index (κ2) is 8.90. The minimum atomic E-state index is -0.217. The minimum Gasteiger partial charge on any atom is -0.352 e. The largest absolute Gasteiger partial charge is 0.352 e. The summed E-state index contributed by atoms with van der Waals surface area (Å²) in [6.45, 7) is 0.504. The lowest BCUT2D eigenvalue weighted by atomic mass is 10.0. The van der Waals surface area contributed by atoms with Gasteiger partial charge in [0.15, 0.2) is 0 Å². The number of carbonyl (C=O) groups is 1. The second-order valence-electron chi connectivity index (χ2n) is 6.17. The molecule has 0 aliphatic heterocycles. The molecule has 0 radical (unpaired) electrons. The molecule has 3 nitrogen and oxygen atoms in total. The SMILES string of the molecule is O=C(CCCc1ccc(-c2ccccc2F)cc1)NCc1cccnc1. The monoisotopic (exact) mass is 348 g/mol. The fourth-order valence-electron chi connectivity index (χ4n) is 2.79. The van der Waals surface area contributed by atoms with Crippen LogP contribution in [0.2, 0.25) is 0 Å². The van der Waals surface area contributed by atoms with Crippen molar-refractivity contribution in [3.8, 4) is 11.1 Å². The summed E-state index contributed by atoms with van der Waals surface area (Å²) in [4.78, 5) is 15.9. The summed E-state index contributed by atoms with van der Waals surface area (Å²) >= 11 is 0. The molecule has 1 N–H and O–H groups in total. The molecule has 2 aromatic carbocycles. The summed E-state index contributed by atoms with van der Waals surface area (Å²) < 4.78 is 13.8. The summed E-state index contributed by atoms with van der Waals surface area (Å²) in [7, 11) is 0. The normalized spacial score (nSPS) is 10.5. The van der Waals surface area contributed by atoms with E-state index in [2.05, 4.69) is 10.3 Å². The van der Waals surface area contributed by atoms with Crippen LogP contribution in [0.15, 0.2) is 73.1 Å². The predicted octanol–water partition coefficient (Wildman–Crippen LogP) is 4.53. The molecular formula is C22H21FN2O. The third-order valence-electron chi connectivity index (χ3n) is 4.22. The highest BCUT2D eigenvalue weighted by atomic mass is 19.1. The number of hydrogen-bond donors (Lipinski definition) is 1. The minimum absolute atomic E-state index is 0.0387. The van der Waals surface area contributed by atoms with Crippen LogP contribution in [0.25, 0.3) is 11.1 Å². The van der Waals surface area contributed by atoms with Gasteiger partial charge >= 0.3 is 0 Å². The Labute approximate surface area is 152 Å². The molecule has 0 bridgehead atoms. The van der Waals surface area contributed by atoms with E-state index in [4.69, 9.17) is 0 Å². The molecule has 4 heteroatoms. The van der Waals surface area contributed by atoms with E-state index in [1.807, 2.05) is 42.5 Å². The molecule has 1 aromatic heterocycles. The number of rotatable bonds is 7. The summed E-state index contributed by atoms with van der Waals surface area (Å²) in [6.07, 6.45) is 5.53. The number of benzene rings is 2. The fourth-order valence-corrected chi connectivity index (χ4v) is 2.79. The average Bonchev–Trinajstić information content (AvgIpc) is 2.68. The van der Waals surface area contributed by atoms with Crippen molar-refractivity contribution >= 4 is 5.91 Å². The van der Waals surface area contributed by atoms with Crippen molar-refractivity contribution in [2.45, 2.75) is 25.8 Å². The number of aryl methyl sites for hydroxylation is 1. The smallest absolute Gasteiger partial charge is 0.220 e. The number of nitrogens with zero attached hydrogens (tertiary/aromatic N) is 1. The molecule has 0 spiro atoms. The number of amides is 1. The average molecular weight is 348 g/mol.